The molecule has 5 aromatic heterocycles. The first-order chi connectivity index (χ1) is 22.6. The summed E-state index contributed by atoms with van der Waals surface area (Å²) in [5.74, 6) is 0. The zero-order chi connectivity index (χ0) is 32.1. The zero-order valence-electron chi connectivity index (χ0n) is 27.1. The lowest BCUT2D eigenvalue weighted by molar-refractivity contribution is 1.09. The van der Waals surface area contributed by atoms with Crippen LogP contribution in [-0.4, -0.2) is 29.9 Å². The van der Waals surface area contributed by atoms with Gasteiger partial charge in [-0.3, -0.25) is 19.9 Å². The minimum Gasteiger partial charge on any atom is -0.257 e. The molecule has 0 bridgehead atoms. The minimum absolute atomic E-state index is 0.735. The summed E-state index contributed by atoms with van der Waals surface area (Å²) in [7, 11) is 0. The molecule has 0 unspecified atom stereocenters. The van der Waals surface area contributed by atoms with E-state index in [0.29, 0.717) is 0 Å². The van der Waals surface area contributed by atoms with E-state index in [9.17, 15) is 0 Å². The van der Waals surface area contributed by atoms with Gasteiger partial charge in [0.05, 0.1) is 45.6 Å². The Labute approximate surface area is 272 Å². The Morgan fingerprint density at radius 1 is 0.348 bits per heavy atom. The van der Waals surface area contributed by atoms with E-state index in [4.69, 9.17) is 9.97 Å². The third-order valence-electron chi connectivity index (χ3n) is 7.83. The Kier molecular flexibility index (Phi) is 11.2. The lowest BCUT2D eigenvalue weighted by Gasteiger charge is -2.09. The smallest absolute Gasteiger partial charge is 0.0895 e. The third kappa shape index (κ3) is 8.02. The van der Waals surface area contributed by atoms with Crippen molar-refractivity contribution >= 4 is 48.6 Å². The van der Waals surface area contributed by atoms with Gasteiger partial charge in [0, 0.05) is 24.8 Å². The molecular weight excluding hydrogens is 564 g/mol. The maximum atomic E-state index is 5.19. The predicted octanol–water partition coefficient (Wildman–Crippen LogP) is 8.99. The SMILES string of the molecule is CCc1cccnc1C=Cc1nc(C=Cc2ncccc2CC)c(C=Cc2ncccc2CC)nc1C=Cc1ncccc1CC. The predicted molar refractivity (Wildman–Crippen MR) is 192 cm³/mol. The van der Waals surface area contributed by atoms with Crippen molar-refractivity contribution in [3.8, 4) is 0 Å². The van der Waals surface area contributed by atoms with Crippen LogP contribution in [0, 0.1) is 0 Å². The van der Waals surface area contributed by atoms with Gasteiger partial charge in [0.15, 0.2) is 0 Å². The molecule has 5 heterocycles. The first-order valence-electron chi connectivity index (χ1n) is 16.0. The number of nitrogens with zero attached hydrogens (tertiary/aromatic N) is 6. The molecule has 5 rings (SSSR count). The van der Waals surface area contributed by atoms with Crippen LogP contribution in [0.3, 0.4) is 0 Å². The summed E-state index contributed by atoms with van der Waals surface area (Å²) in [5.41, 5.74) is 11.3. The maximum absolute atomic E-state index is 5.19. The summed E-state index contributed by atoms with van der Waals surface area (Å²) in [6.07, 6.45) is 27.0. The molecule has 0 N–H and O–H groups in total. The van der Waals surface area contributed by atoms with Gasteiger partial charge in [-0.1, -0.05) is 52.0 Å². The van der Waals surface area contributed by atoms with Gasteiger partial charge in [-0.15, -0.1) is 0 Å². The molecular formula is C40H40N6. The van der Waals surface area contributed by atoms with Gasteiger partial charge in [-0.2, -0.15) is 0 Å². The highest BCUT2D eigenvalue weighted by atomic mass is 14.8. The summed E-state index contributed by atoms with van der Waals surface area (Å²) in [5, 5.41) is 0. The van der Waals surface area contributed by atoms with E-state index in [1.54, 1.807) is 0 Å². The lowest BCUT2D eigenvalue weighted by atomic mass is 10.1. The first kappa shape index (κ1) is 32.0. The number of hydrogen-bond donors (Lipinski definition) is 0. The fraction of sp³-hybridized carbons (Fsp3) is 0.200. The van der Waals surface area contributed by atoms with E-state index in [2.05, 4.69) is 71.9 Å². The number of rotatable bonds is 12. The van der Waals surface area contributed by atoms with Crippen LogP contribution in [0.2, 0.25) is 0 Å². The third-order valence-corrected chi connectivity index (χ3v) is 7.83. The van der Waals surface area contributed by atoms with Crippen molar-refractivity contribution in [2.24, 2.45) is 0 Å². The molecule has 5 aromatic rings. The van der Waals surface area contributed by atoms with Gasteiger partial charge in [0.1, 0.15) is 0 Å². The van der Waals surface area contributed by atoms with Crippen molar-refractivity contribution in [3.63, 3.8) is 0 Å². The number of hydrogen-bond acceptors (Lipinski definition) is 6. The highest BCUT2D eigenvalue weighted by Gasteiger charge is 2.10. The largest absolute Gasteiger partial charge is 0.257 e. The molecule has 6 heteroatoms. The molecule has 0 aliphatic rings. The van der Waals surface area contributed by atoms with Crippen LogP contribution in [-0.2, 0) is 25.7 Å². The van der Waals surface area contributed by atoms with E-state index < -0.39 is 0 Å². The average Bonchev–Trinajstić information content (AvgIpc) is 3.12. The van der Waals surface area contributed by atoms with E-state index >= 15 is 0 Å². The second-order valence-electron chi connectivity index (χ2n) is 10.7. The van der Waals surface area contributed by atoms with Gasteiger partial charge in [-0.05, 0) is 121 Å². The lowest BCUT2D eigenvalue weighted by Crippen LogP contribution is -2.01. The Balaban J connectivity index is 1.68. The topological polar surface area (TPSA) is 77.3 Å². The van der Waals surface area contributed by atoms with Crippen LogP contribution in [0.5, 0.6) is 0 Å². The summed E-state index contributed by atoms with van der Waals surface area (Å²) in [6.45, 7) is 8.55. The van der Waals surface area contributed by atoms with Crippen LogP contribution in [0.25, 0.3) is 48.6 Å². The van der Waals surface area contributed by atoms with E-state index in [0.717, 1.165) is 71.2 Å². The summed E-state index contributed by atoms with van der Waals surface area (Å²) < 4.78 is 0. The molecule has 0 aliphatic heterocycles. The molecule has 46 heavy (non-hydrogen) atoms. The van der Waals surface area contributed by atoms with Gasteiger partial charge in [0.2, 0.25) is 0 Å². The minimum atomic E-state index is 0.735. The summed E-state index contributed by atoms with van der Waals surface area (Å²) in [6, 6.07) is 16.3. The molecule has 230 valence electrons. The van der Waals surface area contributed by atoms with Crippen molar-refractivity contribution in [1.29, 1.82) is 0 Å². The molecule has 0 saturated heterocycles. The van der Waals surface area contributed by atoms with Gasteiger partial charge >= 0.3 is 0 Å². The van der Waals surface area contributed by atoms with Crippen molar-refractivity contribution in [3.05, 3.63) is 141 Å². The highest BCUT2D eigenvalue weighted by molar-refractivity contribution is 5.81. The van der Waals surface area contributed by atoms with Crippen LogP contribution in [0.15, 0.2) is 73.3 Å². The van der Waals surface area contributed by atoms with Crippen molar-refractivity contribution < 1.29 is 0 Å². The molecule has 0 amide bonds. The molecule has 0 fully saturated rings. The van der Waals surface area contributed by atoms with Crippen LogP contribution >= 0.6 is 0 Å². The Hall–Kier alpha value is -5.36. The fourth-order valence-corrected chi connectivity index (χ4v) is 5.21. The van der Waals surface area contributed by atoms with E-state index in [1.165, 1.54) is 22.3 Å². The van der Waals surface area contributed by atoms with Crippen molar-refractivity contribution in [1.82, 2.24) is 29.9 Å². The van der Waals surface area contributed by atoms with Crippen LogP contribution in [0.1, 0.15) is 95.5 Å². The number of aromatic nitrogens is 6. The summed E-state index contributed by atoms with van der Waals surface area (Å²) in [4.78, 5) is 28.9. The molecule has 0 aliphatic carbocycles. The molecule has 0 saturated carbocycles. The van der Waals surface area contributed by atoms with E-state index in [-0.39, 0.29) is 0 Å². The monoisotopic (exact) mass is 604 g/mol. The number of aryl methyl sites for hydroxylation is 4. The average molecular weight is 605 g/mol. The standard InChI is InChI=1S/C40H40N6/c1-5-29-13-9-25-41-33(29)17-21-37-38(22-18-34-30(6-2)14-10-26-42-34)46-40(24-20-36-32(8-4)16-12-28-44-36)39(45-37)23-19-35-31(7-3)15-11-27-43-35/h9-28H,5-8H2,1-4H3. The highest BCUT2D eigenvalue weighted by Crippen LogP contribution is 2.22. The van der Waals surface area contributed by atoms with E-state index in [1.807, 2.05) is 97.7 Å². The van der Waals surface area contributed by atoms with Gasteiger partial charge in [-0.25, -0.2) is 9.97 Å². The van der Waals surface area contributed by atoms with Crippen molar-refractivity contribution in [2.45, 2.75) is 53.4 Å². The Morgan fingerprint density at radius 3 is 0.783 bits per heavy atom. The Bertz CT molecular complexity index is 1630. The van der Waals surface area contributed by atoms with Gasteiger partial charge in [0.25, 0.3) is 0 Å². The normalized spacial score (nSPS) is 11.9. The molecule has 0 atom stereocenters. The summed E-state index contributed by atoms with van der Waals surface area (Å²) >= 11 is 0. The van der Waals surface area contributed by atoms with Gasteiger partial charge < -0.3 is 0 Å². The molecule has 0 aromatic carbocycles. The second kappa shape index (κ2) is 16.1. The zero-order valence-corrected chi connectivity index (χ0v) is 27.1. The second-order valence-corrected chi connectivity index (χ2v) is 10.7. The van der Waals surface area contributed by atoms with Crippen LogP contribution < -0.4 is 0 Å². The fourth-order valence-electron chi connectivity index (χ4n) is 5.21. The molecule has 6 nitrogen and oxygen atoms in total. The van der Waals surface area contributed by atoms with Crippen molar-refractivity contribution in [2.75, 3.05) is 0 Å². The number of pyridine rings is 4. The van der Waals surface area contributed by atoms with Crippen LogP contribution in [0.4, 0.5) is 0 Å². The molecule has 0 radical (unpaired) electrons. The molecule has 0 spiro atoms. The maximum Gasteiger partial charge on any atom is 0.0895 e. The first-order valence-corrected chi connectivity index (χ1v) is 16.0. The quantitative estimate of drug-likeness (QED) is 0.141. The Morgan fingerprint density at radius 2 is 0.565 bits per heavy atom.